The molecule has 26 heavy (non-hydrogen) atoms. The summed E-state index contributed by atoms with van der Waals surface area (Å²) in [6.07, 6.45) is 7.33. The van der Waals surface area contributed by atoms with Crippen molar-refractivity contribution in [1.82, 2.24) is 19.7 Å². The highest BCUT2D eigenvalue weighted by atomic mass is 16.5. The number of hydrogen-bond donors (Lipinski definition) is 1. The number of aryl methyl sites for hydroxylation is 1. The first-order valence-electron chi connectivity index (χ1n) is 9.45. The van der Waals surface area contributed by atoms with Gasteiger partial charge in [-0.15, -0.1) is 0 Å². The van der Waals surface area contributed by atoms with Gasteiger partial charge in [-0.25, -0.2) is 9.97 Å². The van der Waals surface area contributed by atoms with Crippen molar-refractivity contribution < 1.29 is 9.53 Å². The van der Waals surface area contributed by atoms with E-state index in [-0.39, 0.29) is 11.4 Å². The van der Waals surface area contributed by atoms with E-state index in [0.29, 0.717) is 30.5 Å². The van der Waals surface area contributed by atoms with Crippen molar-refractivity contribution in [2.45, 2.75) is 45.6 Å². The number of nitrogens with zero attached hydrogens (tertiary/aromatic N) is 4. The van der Waals surface area contributed by atoms with Gasteiger partial charge in [0, 0.05) is 30.5 Å². The van der Waals surface area contributed by atoms with Gasteiger partial charge in [0.05, 0.1) is 19.4 Å². The van der Waals surface area contributed by atoms with Gasteiger partial charge in [-0.3, -0.25) is 9.20 Å². The number of carbonyl (C=O) groups is 1. The van der Waals surface area contributed by atoms with E-state index in [1.807, 2.05) is 17.5 Å². The molecule has 140 valence electrons. The summed E-state index contributed by atoms with van der Waals surface area (Å²) in [7, 11) is 0. The quantitative estimate of drug-likeness (QED) is 0.908. The first-order valence-corrected chi connectivity index (χ1v) is 9.45. The van der Waals surface area contributed by atoms with Crippen LogP contribution in [0.3, 0.4) is 0 Å². The van der Waals surface area contributed by atoms with Crippen molar-refractivity contribution in [3.8, 4) is 0 Å². The molecule has 7 heteroatoms. The summed E-state index contributed by atoms with van der Waals surface area (Å²) < 4.78 is 7.38. The molecule has 4 rings (SSSR count). The van der Waals surface area contributed by atoms with E-state index >= 15 is 0 Å². The van der Waals surface area contributed by atoms with Crippen molar-refractivity contribution in [3.05, 3.63) is 23.8 Å². The molecule has 0 radical (unpaired) electrons. The molecule has 0 aromatic carbocycles. The highest BCUT2D eigenvalue weighted by molar-refractivity contribution is 5.98. The molecular formula is C19H27N5O2. The number of morpholine rings is 1. The molecule has 3 heterocycles. The van der Waals surface area contributed by atoms with Crippen LogP contribution in [-0.4, -0.2) is 52.1 Å². The van der Waals surface area contributed by atoms with Crippen molar-refractivity contribution in [2.75, 3.05) is 31.2 Å². The second-order valence-corrected chi connectivity index (χ2v) is 7.94. The highest BCUT2D eigenvalue weighted by Gasteiger charge is 2.36. The molecule has 1 saturated heterocycles. The zero-order chi connectivity index (χ0) is 18.3. The second kappa shape index (κ2) is 6.54. The standard InChI is InChI=1S/C19H27N5O2/c1-13-11-20-16(18(25)22-19(2,3)14-5-4-6-14)17-21-15(12-24(13)17)23-7-9-26-10-8-23/h11-12,14H,4-10H2,1-3H3,(H,22,25). The zero-order valence-electron chi connectivity index (χ0n) is 15.8. The Kier molecular flexibility index (Phi) is 4.34. The smallest absolute Gasteiger partial charge is 0.274 e. The number of carbonyl (C=O) groups excluding carboxylic acids is 1. The Hall–Kier alpha value is -2.15. The van der Waals surface area contributed by atoms with Crippen molar-refractivity contribution in [3.63, 3.8) is 0 Å². The van der Waals surface area contributed by atoms with Gasteiger partial charge in [-0.2, -0.15) is 0 Å². The molecule has 1 amide bonds. The maximum atomic E-state index is 13.0. The third-order valence-corrected chi connectivity index (χ3v) is 5.78. The van der Waals surface area contributed by atoms with Gasteiger partial charge >= 0.3 is 0 Å². The molecular weight excluding hydrogens is 330 g/mol. The summed E-state index contributed by atoms with van der Waals surface area (Å²) in [6.45, 7) is 9.21. The molecule has 0 bridgehead atoms. The number of anilines is 1. The molecule has 2 aliphatic rings. The fourth-order valence-electron chi connectivity index (χ4n) is 3.77. The van der Waals surface area contributed by atoms with Gasteiger partial charge in [0.2, 0.25) is 0 Å². The van der Waals surface area contributed by atoms with E-state index < -0.39 is 0 Å². The van der Waals surface area contributed by atoms with E-state index in [9.17, 15) is 4.79 Å². The van der Waals surface area contributed by atoms with E-state index in [1.54, 1.807) is 6.20 Å². The SMILES string of the molecule is Cc1cnc(C(=O)NC(C)(C)C2CCC2)c2nc(N3CCOCC3)cn12. The van der Waals surface area contributed by atoms with Crippen LogP contribution in [0.1, 0.15) is 49.3 Å². The van der Waals surface area contributed by atoms with Crippen LogP contribution in [0.15, 0.2) is 12.4 Å². The van der Waals surface area contributed by atoms with Crippen LogP contribution < -0.4 is 10.2 Å². The molecule has 2 fully saturated rings. The van der Waals surface area contributed by atoms with Gasteiger partial charge in [0.15, 0.2) is 11.3 Å². The average molecular weight is 357 g/mol. The predicted molar refractivity (Wildman–Crippen MR) is 99.6 cm³/mol. The fraction of sp³-hybridized carbons (Fsp3) is 0.632. The first kappa shape index (κ1) is 17.3. The Balaban J connectivity index is 1.65. The Labute approximate surface area is 153 Å². The lowest BCUT2D eigenvalue weighted by Gasteiger charge is -2.40. The van der Waals surface area contributed by atoms with Crippen LogP contribution in [0.25, 0.3) is 5.65 Å². The third-order valence-electron chi connectivity index (χ3n) is 5.78. The predicted octanol–water partition coefficient (Wildman–Crippen LogP) is 2.18. The molecule has 0 atom stereocenters. The Morgan fingerprint density at radius 3 is 2.69 bits per heavy atom. The molecule has 0 unspecified atom stereocenters. The lowest BCUT2D eigenvalue weighted by atomic mass is 9.72. The number of rotatable bonds is 4. The maximum Gasteiger partial charge on any atom is 0.274 e. The summed E-state index contributed by atoms with van der Waals surface area (Å²) in [5.74, 6) is 1.26. The van der Waals surface area contributed by atoms with Gasteiger partial charge < -0.3 is 15.0 Å². The maximum absolute atomic E-state index is 13.0. The summed E-state index contributed by atoms with van der Waals surface area (Å²) in [6, 6.07) is 0. The summed E-state index contributed by atoms with van der Waals surface area (Å²) in [4.78, 5) is 24.3. The number of ether oxygens (including phenoxy) is 1. The molecule has 1 aliphatic carbocycles. The number of fused-ring (bicyclic) bond motifs is 1. The van der Waals surface area contributed by atoms with Crippen molar-refractivity contribution >= 4 is 17.4 Å². The van der Waals surface area contributed by atoms with Gasteiger partial charge in [-0.05, 0) is 39.5 Å². The molecule has 2 aromatic heterocycles. The molecule has 2 aromatic rings. The minimum Gasteiger partial charge on any atom is -0.378 e. The number of aromatic nitrogens is 3. The van der Waals surface area contributed by atoms with Crippen LogP contribution in [-0.2, 0) is 4.74 Å². The van der Waals surface area contributed by atoms with Crippen molar-refractivity contribution in [2.24, 2.45) is 5.92 Å². The Morgan fingerprint density at radius 1 is 1.31 bits per heavy atom. The minimum atomic E-state index is -0.224. The van der Waals surface area contributed by atoms with Crippen LogP contribution >= 0.6 is 0 Å². The number of nitrogens with one attached hydrogen (secondary N) is 1. The number of hydrogen-bond acceptors (Lipinski definition) is 5. The molecule has 1 aliphatic heterocycles. The zero-order valence-corrected chi connectivity index (χ0v) is 15.8. The van der Waals surface area contributed by atoms with Crippen LogP contribution in [0.5, 0.6) is 0 Å². The van der Waals surface area contributed by atoms with E-state index in [1.165, 1.54) is 19.3 Å². The topological polar surface area (TPSA) is 71.8 Å². The Morgan fingerprint density at radius 2 is 2.04 bits per heavy atom. The largest absolute Gasteiger partial charge is 0.378 e. The summed E-state index contributed by atoms with van der Waals surface area (Å²) in [5, 5.41) is 3.19. The van der Waals surface area contributed by atoms with Crippen LogP contribution in [0.2, 0.25) is 0 Å². The molecule has 1 N–H and O–H groups in total. The molecule has 0 spiro atoms. The second-order valence-electron chi connectivity index (χ2n) is 7.94. The summed E-state index contributed by atoms with van der Waals surface area (Å²) in [5.41, 5.74) is 1.75. The molecule has 1 saturated carbocycles. The van der Waals surface area contributed by atoms with Gasteiger partial charge in [-0.1, -0.05) is 6.42 Å². The van der Waals surface area contributed by atoms with Crippen LogP contribution in [0.4, 0.5) is 5.82 Å². The Bertz CT molecular complexity index is 819. The highest BCUT2D eigenvalue weighted by Crippen LogP contribution is 2.36. The van der Waals surface area contributed by atoms with Gasteiger partial charge in [0.1, 0.15) is 5.82 Å². The van der Waals surface area contributed by atoms with E-state index in [2.05, 4.69) is 29.0 Å². The van der Waals surface area contributed by atoms with Gasteiger partial charge in [0.25, 0.3) is 5.91 Å². The van der Waals surface area contributed by atoms with Crippen LogP contribution in [0, 0.1) is 12.8 Å². The third kappa shape index (κ3) is 3.05. The fourth-order valence-corrected chi connectivity index (χ4v) is 3.77. The minimum absolute atomic E-state index is 0.147. The monoisotopic (exact) mass is 357 g/mol. The normalized spacial score (nSPS) is 18.8. The first-order chi connectivity index (χ1) is 12.5. The van der Waals surface area contributed by atoms with Crippen molar-refractivity contribution in [1.29, 1.82) is 0 Å². The number of imidazole rings is 1. The lowest BCUT2D eigenvalue weighted by Crippen LogP contribution is -2.51. The molecule has 7 nitrogen and oxygen atoms in total. The van der Waals surface area contributed by atoms with E-state index in [4.69, 9.17) is 9.72 Å². The lowest BCUT2D eigenvalue weighted by molar-refractivity contribution is 0.0822. The van der Waals surface area contributed by atoms with E-state index in [0.717, 1.165) is 24.6 Å². The summed E-state index contributed by atoms with van der Waals surface area (Å²) >= 11 is 0. The number of amides is 1. The average Bonchev–Trinajstić information content (AvgIpc) is 2.99.